The number of hydrogen-bond acceptors (Lipinski definition) is 5. The number of sulfonamides is 1. The van der Waals surface area contributed by atoms with Gasteiger partial charge in [-0.25, -0.2) is 8.42 Å². The van der Waals surface area contributed by atoms with E-state index < -0.39 is 15.9 Å². The van der Waals surface area contributed by atoms with E-state index in [-0.39, 0.29) is 29.0 Å². The Morgan fingerprint density at radius 2 is 1.90 bits per heavy atom. The summed E-state index contributed by atoms with van der Waals surface area (Å²) in [4.78, 5) is 23.0. The predicted molar refractivity (Wildman–Crippen MR) is 79.9 cm³/mol. The Kier molecular flexibility index (Phi) is 6.31. The highest BCUT2D eigenvalue weighted by molar-refractivity contribution is 7.91. The Balaban J connectivity index is 2.50. The van der Waals surface area contributed by atoms with E-state index in [9.17, 15) is 18.0 Å². The summed E-state index contributed by atoms with van der Waals surface area (Å²) in [5, 5.41) is 1.65. The molecule has 2 amide bonds. The van der Waals surface area contributed by atoms with Gasteiger partial charge in [-0.2, -0.15) is 4.31 Å². The van der Waals surface area contributed by atoms with Crippen molar-refractivity contribution in [3.05, 3.63) is 17.5 Å². The number of likely N-dealkylation sites (N-methyl/N-ethyl adjacent to an activating group) is 1. The monoisotopic (exact) mass is 333 g/mol. The second-order valence-electron chi connectivity index (χ2n) is 4.89. The lowest BCUT2D eigenvalue weighted by Crippen LogP contribution is -2.46. The SMILES string of the molecule is CC(C)CC(=O)NNC(=O)CN(C)S(=O)(=O)c1cccs1. The Morgan fingerprint density at radius 1 is 1.29 bits per heavy atom. The fourth-order valence-corrected chi connectivity index (χ4v) is 3.78. The molecule has 1 aromatic rings. The number of carbonyl (C=O) groups excluding carboxylic acids is 2. The molecule has 0 saturated carbocycles. The molecule has 9 heteroatoms. The number of hydrogen-bond donors (Lipinski definition) is 2. The number of nitrogens with zero attached hydrogens (tertiary/aromatic N) is 1. The second-order valence-corrected chi connectivity index (χ2v) is 8.11. The molecule has 0 spiro atoms. The van der Waals surface area contributed by atoms with E-state index in [2.05, 4.69) is 10.9 Å². The fourth-order valence-electron chi connectivity index (χ4n) is 1.45. The van der Waals surface area contributed by atoms with Crippen molar-refractivity contribution in [1.82, 2.24) is 15.2 Å². The number of rotatable bonds is 6. The highest BCUT2D eigenvalue weighted by Crippen LogP contribution is 2.19. The maximum atomic E-state index is 12.1. The van der Waals surface area contributed by atoms with Gasteiger partial charge in [0.2, 0.25) is 5.91 Å². The number of thiophene rings is 1. The van der Waals surface area contributed by atoms with Crippen LogP contribution in [0.4, 0.5) is 0 Å². The van der Waals surface area contributed by atoms with Crippen LogP contribution in [0.1, 0.15) is 20.3 Å². The summed E-state index contributed by atoms with van der Waals surface area (Å²) in [6.45, 7) is 3.38. The van der Waals surface area contributed by atoms with Crippen molar-refractivity contribution < 1.29 is 18.0 Å². The molecule has 118 valence electrons. The van der Waals surface area contributed by atoms with Gasteiger partial charge in [0.05, 0.1) is 6.54 Å². The van der Waals surface area contributed by atoms with Crippen LogP contribution in [0.5, 0.6) is 0 Å². The van der Waals surface area contributed by atoms with Crippen LogP contribution < -0.4 is 10.9 Å². The van der Waals surface area contributed by atoms with Gasteiger partial charge in [-0.05, 0) is 17.4 Å². The van der Waals surface area contributed by atoms with Crippen LogP contribution in [0, 0.1) is 5.92 Å². The van der Waals surface area contributed by atoms with Gasteiger partial charge in [0.25, 0.3) is 15.9 Å². The highest BCUT2D eigenvalue weighted by Gasteiger charge is 2.23. The van der Waals surface area contributed by atoms with Gasteiger partial charge in [-0.1, -0.05) is 19.9 Å². The van der Waals surface area contributed by atoms with Crippen molar-refractivity contribution in [2.75, 3.05) is 13.6 Å². The van der Waals surface area contributed by atoms with Crippen LogP contribution in [-0.2, 0) is 19.6 Å². The predicted octanol–water partition coefficient (Wildman–Crippen LogP) is 0.562. The first-order valence-electron chi connectivity index (χ1n) is 6.31. The van der Waals surface area contributed by atoms with Crippen LogP contribution in [0.3, 0.4) is 0 Å². The Labute approximate surface area is 128 Å². The molecule has 0 aromatic carbocycles. The normalized spacial score (nSPS) is 11.7. The van der Waals surface area contributed by atoms with E-state index >= 15 is 0 Å². The lowest BCUT2D eigenvalue weighted by molar-refractivity contribution is -0.129. The molecule has 1 rings (SSSR count). The largest absolute Gasteiger partial charge is 0.273 e. The van der Waals surface area contributed by atoms with Crippen LogP contribution in [-0.4, -0.2) is 38.1 Å². The van der Waals surface area contributed by atoms with Crippen LogP contribution >= 0.6 is 11.3 Å². The highest BCUT2D eigenvalue weighted by atomic mass is 32.2. The Bertz CT molecular complexity index is 582. The van der Waals surface area contributed by atoms with Gasteiger partial charge in [-0.3, -0.25) is 20.4 Å². The molecular formula is C12H19N3O4S2. The summed E-state index contributed by atoms with van der Waals surface area (Å²) in [5.74, 6) is -0.749. The van der Waals surface area contributed by atoms with Gasteiger partial charge in [0, 0.05) is 13.5 Å². The molecule has 21 heavy (non-hydrogen) atoms. The number of carbonyl (C=O) groups is 2. The van der Waals surface area contributed by atoms with E-state index in [1.54, 1.807) is 11.4 Å². The number of hydrazine groups is 1. The van der Waals surface area contributed by atoms with E-state index in [1.807, 2.05) is 13.8 Å². The van der Waals surface area contributed by atoms with Crippen molar-refractivity contribution in [1.29, 1.82) is 0 Å². The fraction of sp³-hybridized carbons (Fsp3) is 0.500. The van der Waals surface area contributed by atoms with Crippen LogP contribution in [0.15, 0.2) is 21.7 Å². The van der Waals surface area contributed by atoms with Gasteiger partial charge in [-0.15, -0.1) is 11.3 Å². The van der Waals surface area contributed by atoms with E-state index in [0.717, 1.165) is 15.6 Å². The Morgan fingerprint density at radius 3 is 2.43 bits per heavy atom. The summed E-state index contributed by atoms with van der Waals surface area (Å²) < 4.78 is 25.3. The van der Waals surface area contributed by atoms with E-state index in [1.165, 1.54) is 13.1 Å². The zero-order valence-electron chi connectivity index (χ0n) is 12.1. The minimum Gasteiger partial charge on any atom is -0.273 e. The van der Waals surface area contributed by atoms with Gasteiger partial charge in [0.1, 0.15) is 4.21 Å². The molecule has 0 aliphatic rings. The Hall–Kier alpha value is -1.45. The van der Waals surface area contributed by atoms with E-state index in [4.69, 9.17) is 0 Å². The molecule has 0 unspecified atom stereocenters. The molecule has 0 saturated heterocycles. The third-order valence-electron chi connectivity index (χ3n) is 2.46. The van der Waals surface area contributed by atoms with E-state index in [0.29, 0.717) is 0 Å². The van der Waals surface area contributed by atoms with Crippen molar-refractivity contribution in [2.45, 2.75) is 24.5 Å². The number of nitrogens with one attached hydrogen (secondary N) is 2. The topological polar surface area (TPSA) is 95.6 Å². The summed E-state index contributed by atoms with van der Waals surface area (Å²) in [6.07, 6.45) is 0.281. The van der Waals surface area contributed by atoms with Crippen LogP contribution in [0.25, 0.3) is 0 Å². The third-order valence-corrected chi connectivity index (χ3v) is 5.64. The third kappa shape index (κ3) is 5.44. The van der Waals surface area contributed by atoms with Gasteiger partial charge in [0.15, 0.2) is 0 Å². The molecule has 1 heterocycles. The standard InChI is InChI=1S/C12H19N3O4S2/c1-9(2)7-10(16)13-14-11(17)8-15(3)21(18,19)12-5-4-6-20-12/h4-6,9H,7-8H2,1-3H3,(H,13,16)(H,14,17). The zero-order valence-corrected chi connectivity index (χ0v) is 13.8. The quantitative estimate of drug-likeness (QED) is 0.744. The summed E-state index contributed by atoms with van der Waals surface area (Å²) >= 11 is 1.08. The lowest BCUT2D eigenvalue weighted by atomic mass is 10.1. The summed E-state index contributed by atoms with van der Waals surface area (Å²) in [6, 6.07) is 3.09. The molecule has 0 fully saturated rings. The first-order valence-corrected chi connectivity index (χ1v) is 8.63. The van der Waals surface area contributed by atoms with Crippen LogP contribution in [0.2, 0.25) is 0 Å². The molecule has 0 bridgehead atoms. The summed E-state index contributed by atoms with van der Waals surface area (Å²) in [5.41, 5.74) is 4.44. The minimum absolute atomic E-state index is 0.168. The van der Waals surface area contributed by atoms with Crippen molar-refractivity contribution >= 4 is 33.2 Å². The minimum atomic E-state index is -3.67. The molecular weight excluding hydrogens is 314 g/mol. The number of amides is 2. The smallest absolute Gasteiger partial charge is 0.253 e. The van der Waals surface area contributed by atoms with Crippen molar-refractivity contribution in [2.24, 2.45) is 5.92 Å². The molecule has 0 atom stereocenters. The zero-order chi connectivity index (χ0) is 16.0. The van der Waals surface area contributed by atoms with Gasteiger partial charge >= 0.3 is 0 Å². The molecule has 2 N–H and O–H groups in total. The van der Waals surface area contributed by atoms with Gasteiger partial charge < -0.3 is 0 Å². The van der Waals surface area contributed by atoms with Crippen molar-refractivity contribution in [3.8, 4) is 0 Å². The second kappa shape index (κ2) is 7.53. The molecule has 7 nitrogen and oxygen atoms in total. The first kappa shape index (κ1) is 17.6. The summed E-state index contributed by atoms with van der Waals surface area (Å²) in [7, 11) is -2.36. The van der Waals surface area contributed by atoms with Crippen molar-refractivity contribution in [3.63, 3.8) is 0 Å². The maximum absolute atomic E-state index is 12.1. The molecule has 0 aliphatic heterocycles. The maximum Gasteiger partial charge on any atom is 0.253 e. The lowest BCUT2D eigenvalue weighted by Gasteiger charge is -2.16. The first-order chi connectivity index (χ1) is 9.73. The molecule has 0 radical (unpaired) electrons. The molecule has 1 aromatic heterocycles. The molecule has 0 aliphatic carbocycles. The average molecular weight is 333 g/mol. The average Bonchev–Trinajstić information content (AvgIpc) is 2.89.